The standard InChI is InChI=1S/2Na.2H2O3Si.2H/c;;2*1-4(2)3;;/h;;2*1-2H;;. The topological polar surface area (TPSA) is 115 Å². The minimum atomic E-state index is -3.13. The Kier molecular flexibility index (Phi) is 37.5. The van der Waals surface area contributed by atoms with E-state index in [1.165, 1.54) is 0 Å². The van der Waals surface area contributed by atoms with Gasteiger partial charge in [0.25, 0.3) is 0 Å². The zero-order chi connectivity index (χ0) is 7.15. The molecular weight excluding hydrogens is 198 g/mol. The maximum atomic E-state index is 8.74. The van der Waals surface area contributed by atoms with Crippen LogP contribution < -0.4 is 0 Å². The first-order chi connectivity index (χ1) is 3.46. The van der Waals surface area contributed by atoms with Crippen molar-refractivity contribution in [1.82, 2.24) is 0 Å². The fourth-order valence-electron chi connectivity index (χ4n) is 0. The van der Waals surface area contributed by atoms with Crippen molar-refractivity contribution < 1.29 is 28.1 Å². The van der Waals surface area contributed by atoms with Gasteiger partial charge in [0.2, 0.25) is 0 Å². The second-order valence-corrected chi connectivity index (χ2v) is 1.70. The first kappa shape index (κ1) is 22.5. The molecule has 0 aliphatic carbocycles. The summed E-state index contributed by atoms with van der Waals surface area (Å²) in [4.78, 5) is 28.6. The van der Waals surface area contributed by atoms with Crippen molar-refractivity contribution in [3.8, 4) is 0 Å². The van der Waals surface area contributed by atoms with Gasteiger partial charge in [-0.05, 0) is 0 Å². The summed E-state index contributed by atoms with van der Waals surface area (Å²) in [6.07, 6.45) is 0. The molecule has 0 aliphatic rings. The molecular formula is H6Na2O6Si2. The molecule has 0 aromatic carbocycles. The zero-order valence-electron chi connectivity index (χ0n) is 3.61. The second kappa shape index (κ2) is 16.7. The van der Waals surface area contributed by atoms with Crippen LogP contribution in [-0.4, -0.2) is 96.6 Å². The van der Waals surface area contributed by atoms with Gasteiger partial charge >= 0.3 is 77.5 Å². The van der Waals surface area contributed by atoms with E-state index in [-0.39, 0.29) is 59.1 Å². The summed E-state index contributed by atoms with van der Waals surface area (Å²) in [5, 5.41) is 0. The summed E-state index contributed by atoms with van der Waals surface area (Å²) >= 11 is 0. The summed E-state index contributed by atoms with van der Waals surface area (Å²) < 4.78 is 17.5. The molecule has 0 spiro atoms. The Morgan fingerprint density at radius 2 is 0.700 bits per heavy atom. The summed E-state index contributed by atoms with van der Waals surface area (Å²) in [6.45, 7) is 0. The van der Waals surface area contributed by atoms with E-state index in [1.54, 1.807) is 0 Å². The Hall–Kier alpha value is 1.23. The van der Waals surface area contributed by atoms with Crippen molar-refractivity contribution in [1.29, 1.82) is 0 Å². The third kappa shape index (κ3) is 411. The van der Waals surface area contributed by atoms with Gasteiger partial charge in [-0.1, -0.05) is 0 Å². The molecule has 52 valence electrons. The molecule has 10 heavy (non-hydrogen) atoms. The second-order valence-electron chi connectivity index (χ2n) is 0.565. The van der Waals surface area contributed by atoms with E-state index in [4.69, 9.17) is 28.1 Å². The zero-order valence-corrected chi connectivity index (χ0v) is 5.61. The summed E-state index contributed by atoms with van der Waals surface area (Å²) in [5.74, 6) is 0. The Bertz CT molecular complexity index is 71.7. The molecule has 0 radical (unpaired) electrons. The van der Waals surface area contributed by atoms with Gasteiger partial charge in [-0.2, -0.15) is 0 Å². The van der Waals surface area contributed by atoms with Crippen molar-refractivity contribution >= 4 is 77.5 Å². The predicted octanol–water partition coefficient (Wildman–Crippen LogP) is -4.52. The molecule has 0 amide bonds. The molecule has 0 heterocycles. The molecule has 0 aliphatic heterocycles. The van der Waals surface area contributed by atoms with E-state index in [0.29, 0.717) is 0 Å². The SMILES string of the molecule is O=[Si](O)O.O=[Si](O)O.[NaH].[NaH]. The van der Waals surface area contributed by atoms with E-state index in [9.17, 15) is 0 Å². The molecule has 0 unspecified atom stereocenters. The van der Waals surface area contributed by atoms with Crippen LogP contribution in [0, 0.1) is 0 Å². The summed E-state index contributed by atoms with van der Waals surface area (Å²) in [5.41, 5.74) is 0. The molecule has 0 saturated carbocycles. The van der Waals surface area contributed by atoms with Gasteiger partial charge in [0.1, 0.15) is 0 Å². The van der Waals surface area contributed by atoms with Crippen LogP contribution in [0.15, 0.2) is 0 Å². The summed E-state index contributed by atoms with van der Waals surface area (Å²) in [7, 11) is -6.26. The van der Waals surface area contributed by atoms with Crippen molar-refractivity contribution in [3.63, 3.8) is 0 Å². The van der Waals surface area contributed by atoms with Crippen LogP contribution in [0.5, 0.6) is 0 Å². The van der Waals surface area contributed by atoms with E-state index < -0.39 is 18.3 Å². The van der Waals surface area contributed by atoms with Crippen LogP contribution in [0.25, 0.3) is 0 Å². The van der Waals surface area contributed by atoms with Crippen molar-refractivity contribution in [2.75, 3.05) is 0 Å². The average Bonchev–Trinajstić information content (AvgIpc) is 1.25. The van der Waals surface area contributed by atoms with Crippen LogP contribution in [0.2, 0.25) is 0 Å². The molecule has 0 bridgehead atoms. The van der Waals surface area contributed by atoms with Gasteiger partial charge < -0.3 is 19.2 Å². The van der Waals surface area contributed by atoms with E-state index in [1.807, 2.05) is 0 Å². The van der Waals surface area contributed by atoms with Crippen LogP contribution in [0.3, 0.4) is 0 Å². The van der Waals surface area contributed by atoms with Gasteiger partial charge in [0, 0.05) is 0 Å². The molecule has 10 heteroatoms. The van der Waals surface area contributed by atoms with Crippen molar-refractivity contribution in [2.24, 2.45) is 0 Å². The molecule has 0 atom stereocenters. The quantitative estimate of drug-likeness (QED) is 0.295. The monoisotopic (exact) mass is 204 g/mol. The Morgan fingerprint density at radius 1 is 0.700 bits per heavy atom. The summed E-state index contributed by atoms with van der Waals surface area (Å²) in [6, 6.07) is 0. The van der Waals surface area contributed by atoms with Crippen LogP contribution in [0.1, 0.15) is 0 Å². The fraction of sp³-hybridized carbons (Fsp3) is 0. The van der Waals surface area contributed by atoms with Gasteiger partial charge in [-0.25, -0.2) is 0 Å². The van der Waals surface area contributed by atoms with Gasteiger partial charge in [-0.3, -0.25) is 8.92 Å². The molecule has 0 aromatic heterocycles. The number of hydrogen-bond acceptors (Lipinski definition) is 2. The first-order valence-corrected chi connectivity index (χ1v) is 3.91. The molecule has 6 nitrogen and oxygen atoms in total. The van der Waals surface area contributed by atoms with Crippen LogP contribution in [-0.2, 0) is 8.92 Å². The normalized spacial score (nSPS) is 4.80. The van der Waals surface area contributed by atoms with Crippen molar-refractivity contribution in [2.45, 2.75) is 0 Å². The van der Waals surface area contributed by atoms with Crippen molar-refractivity contribution in [3.05, 3.63) is 0 Å². The Morgan fingerprint density at radius 3 is 0.700 bits per heavy atom. The molecule has 0 rings (SSSR count). The molecule has 0 saturated heterocycles. The number of rotatable bonds is 0. The van der Waals surface area contributed by atoms with E-state index in [0.717, 1.165) is 0 Å². The van der Waals surface area contributed by atoms with Gasteiger partial charge in [-0.15, -0.1) is 0 Å². The molecule has 0 aromatic rings. The minimum absolute atomic E-state index is 0. The van der Waals surface area contributed by atoms with Gasteiger partial charge in [0.05, 0.1) is 0 Å². The van der Waals surface area contributed by atoms with Crippen LogP contribution >= 0.6 is 0 Å². The molecule has 0 fully saturated rings. The maximum absolute atomic E-state index is 8.74. The molecule has 4 N–H and O–H groups in total. The Balaban J connectivity index is -0.0000000300. The van der Waals surface area contributed by atoms with E-state index in [2.05, 4.69) is 0 Å². The third-order valence-corrected chi connectivity index (χ3v) is 0. The predicted molar refractivity (Wildman–Crippen MR) is 36.1 cm³/mol. The van der Waals surface area contributed by atoms with Gasteiger partial charge in [0.15, 0.2) is 0 Å². The average molecular weight is 204 g/mol. The first-order valence-electron chi connectivity index (χ1n) is 1.30. The third-order valence-electron chi connectivity index (χ3n) is 0. The van der Waals surface area contributed by atoms with E-state index >= 15 is 0 Å². The Labute approximate surface area is 104 Å². The fourth-order valence-corrected chi connectivity index (χ4v) is 0. The number of hydrogen-bond donors (Lipinski definition) is 4. The van der Waals surface area contributed by atoms with Crippen LogP contribution in [0.4, 0.5) is 0 Å².